The third-order valence-electron chi connectivity index (χ3n) is 5.05. The van der Waals surface area contributed by atoms with E-state index in [1.165, 1.54) is 19.5 Å². The van der Waals surface area contributed by atoms with Crippen molar-refractivity contribution in [2.24, 2.45) is 5.92 Å². The van der Waals surface area contributed by atoms with Crippen LogP contribution >= 0.6 is 0 Å². The molecule has 3 heterocycles. The highest BCUT2D eigenvalue weighted by molar-refractivity contribution is 5.98. The average molecular weight is 298 g/mol. The first-order valence-corrected chi connectivity index (χ1v) is 8.23. The zero-order chi connectivity index (χ0) is 15.1. The molecule has 0 spiro atoms. The molecule has 116 valence electrons. The van der Waals surface area contributed by atoms with Gasteiger partial charge in [-0.05, 0) is 49.9 Å². The summed E-state index contributed by atoms with van der Waals surface area (Å²) in [4.78, 5) is 15.0. The van der Waals surface area contributed by atoms with E-state index in [0.717, 1.165) is 47.5 Å². The first-order chi connectivity index (χ1) is 10.7. The summed E-state index contributed by atoms with van der Waals surface area (Å²) in [5.74, 6) is 0.805. The van der Waals surface area contributed by atoms with Crippen LogP contribution in [0.1, 0.15) is 35.8 Å². The molecule has 5 heteroatoms. The maximum atomic E-state index is 12.6. The number of H-pyrrole nitrogens is 1. The molecule has 3 atom stereocenters. The highest BCUT2D eigenvalue weighted by Gasteiger charge is 2.32. The Morgan fingerprint density at radius 3 is 3.18 bits per heavy atom. The van der Waals surface area contributed by atoms with Crippen molar-refractivity contribution in [3.8, 4) is 0 Å². The predicted octanol–water partition coefficient (Wildman–Crippen LogP) is 1.95. The van der Waals surface area contributed by atoms with Crippen molar-refractivity contribution in [3.63, 3.8) is 0 Å². The molecule has 4 rings (SSSR count). The number of fused-ring (bicyclic) bond motifs is 3. The van der Waals surface area contributed by atoms with Crippen molar-refractivity contribution >= 4 is 16.8 Å². The number of aryl methyl sites for hydroxylation is 1. The van der Waals surface area contributed by atoms with Crippen LogP contribution in [0.15, 0.2) is 18.2 Å². The largest absolute Gasteiger partial charge is 0.348 e. The second-order valence-electron chi connectivity index (χ2n) is 6.61. The van der Waals surface area contributed by atoms with Crippen molar-refractivity contribution in [2.75, 3.05) is 19.6 Å². The predicted molar refractivity (Wildman–Crippen MR) is 85.9 cm³/mol. The van der Waals surface area contributed by atoms with Gasteiger partial charge in [-0.25, -0.2) is 0 Å². The van der Waals surface area contributed by atoms with Crippen LogP contribution in [0.3, 0.4) is 0 Å². The molecule has 1 amide bonds. The molecule has 2 aliphatic rings. The summed E-state index contributed by atoms with van der Waals surface area (Å²) >= 11 is 0. The quantitative estimate of drug-likeness (QED) is 0.910. The molecule has 1 unspecified atom stereocenters. The molecule has 0 aliphatic carbocycles. The van der Waals surface area contributed by atoms with Crippen LogP contribution in [0.5, 0.6) is 0 Å². The van der Waals surface area contributed by atoms with Crippen molar-refractivity contribution < 1.29 is 4.79 Å². The zero-order valence-corrected chi connectivity index (χ0v) is 12.9. The number of nitrogens with zero attached hydrogens (tertiary/aromatic N) is 2. The van der Waals surface area contributed by atoms with Crippen LogP contribution in [0.4, 0.5) is 0 Å². The van der Waals surface area contributed by atoms with Gasteiger partial charge in [-0.2, -0.15) is 5.10 Å². The Labute approximate surface area is 130 Å². The Hall–Kier alpha value is -1.88. The minimum atomic E-state index is 0.0395. The van der Waals surface area contributed by atoms with E-state index >= 15 is 0 Å². The molecular formula is C17H22N4O. The van der Waals surface area contributed by atoms with Gasteiger partial charge in [0.2, 0.25) is 0 Å². The highest BCUT2D eigenvalue weighted by atomic mass is 16.1. The van der Waals surface area contributed by atoms with E-state index in [1.807, 2.05) is 18.2 Å². The molecule has 0 radical (unpaired) electrons. The highest BCUT2D eigenvalue weighted by Crippen LogP contribution is 2.27. The molecular weight excluding hydrogens is 276 g/mol. The van der Waals surface area contributed by atoms with Crippen LogP contribution in [-0.2, 0) is 6.42 Å². The number of aromatic nitrogens is 2. The van der Waals surface area contributed by atoms with Gasteiger partial charge in [-0.15, -0.1) is 0 Å². The lowest BCUT2D eigenvalue weighted by Crippen LogP contribution is -2.47. The van der Waals surface area contributed by atoms with E-state index in [-0.39, 0.29) is 5.91 Å². The monoisotopic (exact) mass is 298 g/mol. The summed E-state index contributed by atoms with van der Waals surface area (Å²) in [6, 6.07) is 6.05. The van der Waals surface area contributed by atoms with Gasteiger partial charge in [-0.3, -0.25) is 9.89 Å². The molecule has 2 saturated heterocycles. The first-order valence-electron chi connectivity index (χ1n) is 8.23. The number of piperidine rings is 1. The fraction of sp³-hybridized carbons (Fsp3) is 0.529. The fourth-order valence-electron chi connectivity index (χ4n) is 3.91. The molecule has 2 bridgehead atoms. The first kappa shape index (κ1) is 13.8. The molecule has 5 nitrogen and oxygen atoms in total. The summed E-state index contributed by atoms with van der Waals surface area (Å²) in [7, 11) is 0. The Balaban J connectivity index is 1.52. The third-order valence-corrected chi connectivity index (χ3v) is 5.05. The van der Waals surface area contributed by atoms with Gasteiger partial charge in [-0.1, -0.05) is 6.92 Å². The Bertz CT molecular complexity index is 696. The Kier molecular flexibility index (Phi) is 3.37. The van der Waals surface area contributed by atoms with E-state index < -0.39 is 0 Å². The molecule has 2 aliphatic heterocycles. The van der Waals surface area contributed by atoms with E-state index in [2.05, 4.69) is 27.3 Å². The number of carbonyl (C=O) groups is 1. The average Bonchev–Trinajstić information content (AvgIpc) is 3.09. The second kappa shape index (κ2) is 5.39. The third kappa shape index (κ3) is 2.39. The normalized spacial score (nSPS) is 27.2. The van der Waals surface area contributed by atoms with Gasteiger partial charge in [0, 0.05) is 35.8 Å². The Morgan fingerprint density at radius 2 is 2.36 bits per heavy atom. The zero-order valence-electron chi connectivity index (χ0n) is 12.9. The van der Waals surface area contributed by atoms with Gasteiger partial charge in [0.05, 0.1) is 5.52 Å². The Morgan fingerprint density at radius 1 is 1.45 bits per heavy atom. The number of hydrogen-bond acceptors (Lipinski definition) is 3. The second-order valence-corrected chi connectivity index (χ2v) is 6.61. The number of carbonyl (C=O) groups excluding carboxylic acids is 1. The molecule has 1 aromatic heterocycles. The minimum Gasteiger partial charge on any atom is -0.348 e. The summed E-state index contributed by atoms with van der Waals surface area (Å²) in [6.07, 6.45) is 3.30. The van der Waals surface area contributed by atoms with E-state index in [9.17, 15) is 4.79 Å². The van der Waals surface area contributed by atoms with Crippen LogP contribution in [-0.4, -0.2) is 46.7 Å². The number of nitrogens with one attached hydrogen (secondary N) is 2. The maximum absolute atomic E-state index is 12.6. The SMILES string of the molecule is CCc1[nH]nc2ccc(C(=O)N[C@@H]3C[C@@H]4CCN(C4)C3)cc12. The summed E-state index contributed by atoms with van der Waals surface area (Å²) < 4.78 is 0. The lowest BCUT2D eigenvalue weighted by molar-refractivity contribution is 0.0909. The number of rotatable bonds is 3. The molecule has 22 heavy (non-hydrogen) atoms. The summed E-state index contributed by atoms with van der Waals surface area (Å²) in [5, 5.41) is 11.6. The lowest BCUT2D eigenvalue weighted by Gasteiger charge is -2.30. The molecule has 1 aromatic carbocycles. The molecule has 0 saturated carbocycles. The van der Waals surface area contributed by atoms with Gasteiger partial charge in [0.15, 0.2) is 0 Å². The molecule has 2 N–H and O–H groups in total. The summed E-state index contributed by atoms with van der Waals surface area (Å²) in [6.45, 7) is 5.49. The standard InChI is InChI=1S/C17H22N4O/c1-2-15-14-8-12(3-4-16(14)20-19-15)17(22)18-13-7-11-5-6-21(9-11)10-13/h3-4,8,11,13H,2,5-7,9-10H2,1H3,(H,18,22)(H,19,20)/t11-,13+/m0/s1. The fourth-order valence-corrected chi connectivity index (χ4v) is 3.91. The smallest absolute Gasteiger partial charge is 0.251 e. The van der Waals surface area contributed by atoms with E-state index in [4.69, 9.17) is 0 Å². The molecule has 2 aromatic rings. The molecule has 2 fully saturated rings. The van der Waals surface area contributed by atoms with Gasteiger partial charge < -0.3 is 10.2 Å². The van der Waals surface area contributed by atoms with Gasteiger partial charge in [0.1, 0.15) is 0 Å². The number of benzene rings is 1. The number of aromatic amines is 1. The van der Waals surface area contributed by atoms with Crippen LogP contribution in [0, 0.1) is 5.92 Å². The topological polar surface area (TPSA) is 61.0 Å². The van der Waals surface area contributed by atoms with Crippen molar-refractivity contribution in [2.45, 2.75) is 32.2 Å². The number of hydrogen-bond donors (Lipinski definition) is 2. The van der Waals surface area contributed by atoms with Crippen molar-refractivity contribution in [3.05, 3.63) is 29.5 Å². The van der Waals surface area contributed by atoms with Crippen LogP contribution < -0.4 is 5.32 Å². The lowest BCUT2D eigenvalue weighted by atomic mass is 9.96. The minimum absolute atomic E-state index is 0.0395. The van der Waals surface area contributed by atoms with Gasteiger partial charge >= 0.3 is 0 Å². The van der Waals surface area contributed by atoms with E-state index in [0.29, 0.717) is 6.04 Å². The van der Waals surface area contributed by atoms with E-state index in [1.54, 1.807) is 0 Å². The van der Waals surface area contributed by atoms with Crippen molar-refractivity contribution in [1.29, 1.82) is 0 Å². The van der Waals surface area contributed by atoms with Crippen LogP contribution in [0.2, 0.25) is 0 Å². The number of amides is 1. The maximum Gasteiger partial charge on any atom is 0.251 e. The van der Waals surface area contributed by atoms with Crippen LogP contribution in [0.25, 0.3) is 10.9 Å². The summed E-state index contributed by atoms with van der Waals surface area (Å²) in [5.41, 5.74) is 2.75. The van der Waals surface area contributed by atoms with Gasteiger partial charge in [0.25, 0.3) is 5.91 Å². The van der Waals surface area contributed by atoms with Crippen molar-refractivity contribution in [1.82, 2.24) is 20.4 Å².